The Bertz CT molecular complexity index is 822. The summed E-state index contributed by atoms with van der Waals surface area (Å²) in [5, 5.41) is 0.0804. The van der Waals surface area contributed by atoms with Crippen LogP contribution in [-0.2, 0) is 29.5 Å². The van der Waals surface area contributed by atoms with Gasteiger partial charge in [0.25, 0.3) is 10.0 Å². The maximum absolute atomic E-state index is 12.5. The van der Waals surface area contributed by atoms with E-state index in [1.165, 1.54) is 15.4 Å². The van der Waals surface area contributed by atoms with Crippen molar-refractivity contribution in [1.29, 1.82) is 0 Å². The molecule has 0 radical (unpaired) electrons. The highest BCUT2D eigenvalue weighted by Gasteiger charge is 2.30. The zero-order valence-electron chi connectivity index (χ0n) is 13.6. The number of nitrogens with zero attached hydrogens (tertiary/aromatic N) is 2. The molecule has 0 saturated carbocycles. The summed E-state index contributed by atoms with van der Waals surface area (Å²) in [4.78, 5) is 2.30. The molecule has 1 fully saturated rings. The number of sulfonamides is 1. The first-order chi connectivity index (χ1) is 11.6. The average molecular weight is 346 g/mol. The Morgan fingerprint density at radius 1 is 0.958 bits per heavy atom. The van der Waals surface area contributed by atoms with Crippen LogP contribution in [0.15, 0.2) is 45.9 Å². The van der Waals surface area contributed by atoms with Gasteiger partial charge in [0.05, 0.1) is 6.54 Å². The normalized spacial score (nSPS) is 19.5. The van der Waals surface area contributed by atoms with Crippen LogP contribution in [0.5, 0.6) is 0 Å². The molecule has 24 heavy (non-hydrogen) atoms. The second-order valence-corrected chi connectivity index (χ2v) is 8.43. The van der Waals surface area contributed by atoms with E-state index >= 15 is 0 Å². The summed E-state index contributed by atoms with van der Waals surface area (Å²) >= 11 is 0. The Morgan fingerprint density at radius 2 is 1.71 bits per heavy atom. The topological polar surface area (TPSA) is 53.8 Å². The van der Waals surface area contributed by atoms with E-state index in [1.807, 2.05) is 0 Å². The number of hydrogen-bond donors (Lipinski definition) is 0. The fourth-order valence-corrected chi connectivity index (χ4v) is 4.99. The molecule has 1 aromatic heterocycles. The summed E-state index contributed by atoms with van der Waals surface area (Å²) in [5.74, 6) is 0.715. The van der Waals surface area contributed by atoms with Gasteiger partial charge in [0.2, 0.25) is 5.09 Å². The van der Waals surface area contributed by atoms with Gasteiger partial charge in [0.1, 0.15) is 5.76 Å². The Hall–Kier alpha value is -1.63. The Morgan fingerprint density at radius 3 is 2.50 bits per heavy atom. The highest BCUT2D eigenvalue weighted by molar-refractivity contribution is 7.89. The molecule has 2 aliphatic heterocycles. The molecule has 0 unspecified atom stereocenters. The van der Waals surface area contributed by atoms with E-state index in [-0.39, 0.29) is 5.09 Å². The third kappa shape index (κ3) is 3.01. The predicted molar refractivity (Wildman–Crippen MR) is 91.0 cm³/mol. The fourth-order valence-electron chi connectivity index (χ4n) is 3.55. The molecule has 2 aromatic rings. The number of fused-ring (bicyclic) bond motifs is 1. The van der Waals surface area contributed by atoms with Crippen LogP contribution in [0.2, 0.25) is 0 Å². The largest absolute Gasteiger partial charge is 0.447 e. The van der Waals surface area contributed by atoms with Crippen molar-refractivity contribution in [3.8, 4) is 0 Å². The van der Waals surface area contributed by atoms with Gasteiger partial charge in [-0.1, -0.05) is 24.3 Å². The van der Waals surface area contributed by atoms with Gasteiger partial charge in [-0.05, 0) is 42.5 Å². The zero-order valence-corrected chi connectivity index (χ0v) is 14.5. The quantitative estimate of drug-likeness (QED) is 0.854. The van der Waals surface area contributed by atoms with E-state index in [2.05, 4.69) is 29.2 Å². The van der Waals surface area contributed by atoms with Crippen LogP contribution in [0.25, 0.3) is 0 Å². The second-order valence-electron chi connectivity index (χ2n) is 6.56. The molecular formula is C18H22N2O3S. The molecule has 0 amide bonds. The van der Waals surface area contributed by atoms with Crippen LogP contribution in [-0.4, -0.2) is 37.3 Å². The van der Waals surface area contributed by atoms with Crippen LogP contribution < -0.4 is 0 Å². The lowest BCUT2D eigenvalue weighted by molar-refractivity contribution is 0.219. The molecule has 4 rings (SSSR count). The van der Waals surface area contributed by atoms with Crippen LogP contribution in [0, 0.1) is 0 Å². The van der Waals surface area contributed by atoms with Crippen molar-refractivity contribution in [2.24, 2.45) is 0 Å². The maximum Gasteiger partial charge on any atom is 0.276 e. The molecule has 0 N–H and O–H groups in total. The summed E-state index contributed by atoms with van der Waals surface area (Å²) < 4.78 is 32.2. The van der Waals surface area contributed by atoms with Gasteiger partial charge in [-0.25, -0.2) is 8.42 Å². The van der Waals surface area contributed by atoms with Crippen molar-refractivity contribution in [2.75, 3.05) is 19.6 Å². The van der Waals surface area contributed by atoms with Crippen molar-refractivity contribution < 1.29 is 12.8 Å². The van der Waals surface area contributed by atoms with Gasteiger partial charge < -0.3 is 4.42 Å². The molecule has 0 aliphatic carbocycles. The summed E-state index contributed by atoms with van der Waals surface area (Å²) in [7, 11) is -3.46. The summed E-state index contributed by atoms with van der Waals surface area (Å²) in [6.07, 6.45) is 2.88. The first-order valence-electron chi connectivity index (χ1n) is 8.51. The molecule has 0 spiro atoms. The minimum absolute atomic E-state index is 0.0804. The first-order valence-corrected chi connectivity index (χ1v) is 9.95. The lowest BCUT2D eigenvalue weighted by atomic mass is 10.00. The standard InChI is InChI=1S/C18H22N2O3S/c21-24(22,20-10-3-4-11-20)18-8-7-17(23-18)14-19-12-9-15-5-1-2-6-16(15)13-19/h1-2,5-8H,3-4,9-14H2. The van der Waals surface area contributed by atoms with E-state index in [1.54, 1.807) is 12.1 Å². The second kappa shape index (κ2) is 6.35. The van der Waals surface area contributed by atoms with E-state index < -0.39 is 10.0 Å². The van der Waals surface area contributed by atoms with Crippen LogP contribution in [0.1, 0.15) is 29.7 Å². The highest BCUT2D eigenvalue weighted by Crippen LogP contribution is 2.25. The minimum atomic E-state index is -3.46. The van der Waals surface area contributed by atoms with Gasteiger partial charge in [0.15, 0.2) is 0 Å². The molecule has 0 bridgehead atoms. The van der Waals surface area contributed by atoms with Crippen LogP contribution >= 0.6 is 0 Å². The van der Waals surface area contributed by atoms with E-state index in [4.69, 9.17) is 4.42 Å². The number of rotatable bonds is 4. The molecule has 6 heteroatoms. The minimum Gasteiger partial charge on any atom is -0.447 e. The van der Waals surface area contributed by atoms with Crippen molar-refractivity contribution >= 4 is 10.0 Å². The Labute approximate surface area is 142 Å². The van der Waals surface area contributed by atoms with Gasteiger partial charge in [-0.2, -0.15) is 4.31 Å². The SMILES string of the molecule is O=S(=O)(c1ccc(CN2CCc3ccccc3C2)o1)N1CCCC1. The van der Waals surface area contributed by atoms with Crippen molar-refractivity contribution in [1.82, 2.24) is 9.21 Å². The number of furan rings is 1. The Kier molecular flexibility index (Phi) is 4.20. The number of benzene rings is 1. The summed E-state index contributed by atoms with van der Waals surface area (Å²) in [6.45, 7) is 3.68. The predicted octanol–water partition coefficient (Wildman–Crippen LogP) is 2.62. The molecule has 128 valence electrons. The van der Waals surface area contributed by atoms with Crippen molar-refractivity contribution in [3.05, 3.63) is 53.3 Å². The molecule has 2 aliphatic rings. The van der Waals surface area contributed by atoms with E-state index in [0.29, 0.717) is 25.4 Å². The summed E-state index contributed by atoms with van der Waals surface area (Å²) in [5.41, 5.74) is 2.76. The molecule has 0 atom stereocenters. The van der Waals surface area contributed by atoms with Gasteiger partial charge in [-0.15, -0.1) is 0 Å². The smallest absolute Gasteiger partial charge is 0.276 e. The average Bonchev–Trinajstić information content (AvgIpc) is 3.27. The molecule has 1 aromatic carbocycles. The lowest BCUT2D eigenvalue weighted by Gasteiger charge is -2.27. The van der Waals surface area contributed by atoms with Crippen molar-refractivity contribution in [3.63, 3.8) is 0 Å². The molecular weight excluding hydrogens is 324 g/mol. The van der Waals surface area contributed by atoms with E-state index in [0.717, 1.165) is 32.4 Å². The fraction of sp³-hybridized carbons (Fsp3) is 0.444. The zero-order chi connectivity index (χ0) is 16.6. The monoisotopic (exact) mass is 346 g/mol. The third-order valence-corrected chi connectivity index (χ3v) is 6.66. The first kappa shape index (κ1) is 15.9. The summed E-state index contributed by atoms with van der Waals surface area (Å²) in [6, 6.07) is 11.9. The van der Waals surface area contributed by atoms with Gasteiger partial charge in [0, 0.05) is 26.2 Å². The van der Waals surface area contributed by atoms with Gasteiger partial charge in [-0.3, -0.25) is 4.90 Å². The maximum atomic E-state index is 12.5. The Balaban J connectivity index is 1.46. The highest BCUT2D eigenvalue weighted by atomic mass is 32.2. The molecule has 3 heterocycles. The molecule has 5 nitrogen and oxygen atoms in total. The van der Waals surface area contributed by atoms with Crippen molar-refractivity contribution in [2.45, 2.75) is 37.4 Å². The van der Waals surface area contributed by atoms with Crippen LogP contribution in [0.3, 0.4) is 0 Å². The van der Waals surface area contributed by atoms with E-state index in [9.17, 15) is 8.42 Å². The van der Waals surface area contributed by atoms with Gasteiger partial charge >= 0.3 is 0 Å². The number of hydrogen-bond acceptors (Lipinski definition) is 4. The lowest BCUT2D eigenvalue weighted by Crippen LogP contribution is -2.30. The third-order valence-electron chi connectivity index (χ3n) is 4.89. The molecule has 1 saturated heterocycles. The van der Waals surface area contributed by atoms with Crippen LogP contribution in [0.4, 0.5) is 0 Å².